The molecule has 2 N–H and O–H groups in total. The van der Waals surface area contributed by atoms with Crippen LogP contribution in [0.25, 0.3) is 0 Å². The number of nitrogens with one attached hydrogen (secondary N) is 2. The summed E-state index contributed by atoms with van der Waals surface area (Å²) in [4.78, 5) is 27.0. The number of carbonyl (C=O) groups excluding carboxylic acids is 1. The number of rotatable bonds is 2. The topological polar surface area (TPSA) is 62.0 Å². The molecular formula is C16H22N2O2. The lowest BCUT2D eigenvalue weighted by atomic mass is 9.68. The Morgan fingerprint density at radius 1 is 1.40 bits per heavy atom. The lowest BCUT2D eigenvalue weighted by Crippen LogP contribution is -2.52. The van der Waals surface area contributed by atoms with Gasteiger partial charge in [0, 0.05) is 24.5 Å². The number of hydrogen-bond acceptors (Lipinski definition) is 2. The molecule has 20 heavy (non-hydrogen) atoms. The van der Waals surface area contributed by atoms with Crippen LogP contribution < -0.4 is 10.7 Å². The van der Waals surface area contributed by atoms with E-state index in [1.807, 2.05) is 0 Å². The first kappa shape index (κ1) is 13.4. The molecule has 0 aliphatic heterocycles. The molecule has 2 saturated carbocycles. The lowest BCUT2D eigenvalue weighted by molar-refractivity contribution is 0.0736. The van der Waals surface area contributed by atoms with Crippen molar-refractivity contribution < 1.29 is 4.79 Å². The zero-order valence-electron chi connectivity index (χ0n) is 12.3. The van der Waals surface area contributed by atoms with Gasteiger partial charge in [-0.25, -0.2) is 0 Å². The second-order valence-corrected chi connectivity index (χ2v) is 7.24. The minimum Gasteiger partial charge on any atom is -0.367 e. The summed E-state index contributed by atoms with van der Waals surface area (Å²) in [7, 11) is 0. The van der Waals surface area contributed by atoms with Crippen molar-refractivity contribution in [2.24, 2.45) is 16.7 Å². The monoisotopic (exact) mass is 274 g/mol. The van der Waals surface area contributed by atoms with Crippen molar-refractivity contribution in [1.29, 1.82) is 0 Å². The SMILES string of the molecule is CC12CCC(C1)C(C)(C)C2NC(=O)c1c[nH]ccc1=O. The van der Waals surface area contributed by atoms with Crippen molar-refractivity contribution in [3.8, 4) is 0 Å². The van der Waals surface area contributed by atoms with Crippen LogP contribution in [-0.4, -0.2) is 16.9 Å². The zero-order chi connectivity index (χ0) is 14.5. The predicted octanol–water partition coefficient (Wildman–Crippen LogP) is 2.32. The Kier molecular flexibility index (Phi) is 2.82. The van der Waals surface area contributed by atoms with Crippen LogP contribution >= 0.6 is 0 Å². The first-order chi connectivity index (χ1) is 9.34. The van der Waals surface area contributed by atoms with E-state index in [-0.39, 0.29) is 33.8 Å². The molecule has 2 bridgehead atoms. The number of pyridine rings is 1. The molecule has 0 aromatic carbocycles. The summed E-state index contributed by atoms with van der Waals surface area (Å²) in [6.07, 6.45) is 6.62. The maximum Gasteiger partial charge on any atom is 0.256 e. The molecule has 2 aliphatic rings. The number of amides is 1. The van der Waals surface area contributed by atoms with Crippen LogP contribution in [0.5, 0.6) is 0 Å². The molecule has 0 saturated heterocycles. The Hall–Kier alpha value is -1.58. The van der Waals surface area contributed by atoms with Crippen molar-refractivity contribution in [2.75, 3.05) is 0 Å². The Balaban J connectivity index is 1.87. The van der Waals surface area contributed by atoms with Gasteiger partial charge in [-0.05, 0) is 36.0 Å². The number of fused-ring (bicyclic) bond motifs is 2. The predicted molar refractivity (Wildman–Crippen MR) is 77.5 cm³/mol. The van der Waals surface area contributed by atoms with Gasteiger partial charge in [-0.1, -0.05) is 20.8 Å². The third-order valence-electron chi connectivity index (χ3n) is 5.61. The molecule has 0 spiro atoms. The molecule has 4 heteroatoms. The molecule has 1 aromatic heterocycles. The Morgan fingerprint density at radius 2 is 2.15 bits per heavy atom. The number of carbonyl (C=O) groups is 1. The molecule has 3 rings (SSSR count). The second-order valence-electron chi connectivity index (χ2n) is 7.24. The van der Waals surface area contributed by atoms with Gasteiger partial charge in [0.15, 0.2) is 5.43 Å². The summed E-state index contributed by atoms with van der Waals surface area (Å²) in [6.45, 7) is 6.74. The highest BCUT2D eigenvalue weighted by Gasteiger charge is 2.59. The van der Waals surface area contributed by atoms with E-state index in [0.29, 0.717) is 5.92 Å². The highest BCUT2D eigenvalue weighted by molar-refractivity contribution is 5.94. The average molecular weight is 274 g/mol. The fourth-order valence-corrected chi connectivity index (χ4v) is 4.46. The highest BCUT2D eigenvalue weighted by Crippen LogP contribution is 2.62. The third-order valence-corrected chi connectivity index (χ3v) is 5.61. The zero-order valence-corrected chi connectivity index (χ0v) is 12.3. The number of aromatic nitrogens is 1. The standard InChI is InChI=1S/C16H22N2O2/c1-15(2)10-4-6-16(3,8-10)14(15)18-13(20)11-9-17-7-5-12(11)19/h5,7,9-10,14H,4,6,8H2,1-3H3,(H,17,19)(H,18,20). The number of aromatic amines is 1. The lowest BCUT2D eigenvalue weighted by Gasteiger charge is -2.43. The molecular weight excluding hydrogens is 252 g/mol. The van der Waals surface area contributed by atoms with Crippen LogP contribution in [0.3, 0.4) is 0 Å². The molecule has 3 atom stereocenters. The minimum atomic E-state index is -0.251. The smallest absolute Gasteiger partial charge is 0.256 e. The highest BCUT2D eigenvalue weighted by atomic mass is 16.2. The van der Waals surface area contributed by atoms with Gasteiger partial charge in [0.25, 0.3) is 5.91 Å². The van der Waals surface area contributed by atoms with Gasteiger partial charge in [-0.15, -0.1) is 0 Å². The quantitative estimate of drug-likeness (QED) is 0.869. The third kappa shape index (κ3) is 1.81. The van der Waals surface area contributed by atoms with Gasteiger partial charge in [-0.2, -0.15) is 0 Å². The first-order valence-electron chi connectivity index (χ1n) is 7.32. The molecule has 108 valence electrons. The van der Waals surface area contributed by atoms with Crippen molar-refractivity contribution in [1.82, 2.24) is 10.3 Å². The van der Waals surface area contributed by atoms with Crippen LogP contribution in [0.1, 0.15) is 50.4 Å². The van der Waals surface area contributed by atoms with Crippen LogP contribution in [0.15, 0.2) is 23.3 Å². The van der Waals surface area contributed by atoms with E-state index >= 15 is 0 Å². The maximum atomic E-state index is 12.4. The van der Waals surface area contributed by atoms with Gasteiger partial charge in [0.05, 0.1) is 0 Å². The average Bonchev–Trinajstić information content (AvgIpc) is 2.86. The van der Waals surface area contributed by atoms with Gasteiger partial charge < -0.3 is 10.3 Å². The van der Waals surface area contributed by atoms with E-state index in [4.69, 9.17) is 0 Å². The largest absolute Gasteiger partial charge is 0.367 e. The Morgan fingerprint density at radius 3 is 2.75 bits per heavy atom. The van der Waals surface area contributed by atoms with Gasteiger partial charge in [-0.3, -0.25) is 9.59 Å². The van der Waals surface area contributed by atoms with Gasteiger partial charge >= 0.3 is 0 Å². The summed E-state index contributed by atoms with van der Waals surface area (Å²) in [5.41, 5.74) is 0.247. The summed E-state index contributed by atoms with van der Waals surface area (Å²) in [5.74, 6) is 0.422. The maximum absolute atomic E-state index is 12.4. The van der Waals surface area contributed by atoms with Crippen molar-refractivity contribution >= 4 is 5.91 Å². The summed E-state index contributed by atoms with van der Waals surface area (Å²) >= 11 is 0. The normalized spacial score (nSPS) is 34.1. The molecule has 2 fully saturated rings. The van der Waals surface area contributed by atoms with E-state index in [1.165, 1.54) is 25.1 Å². The van der Waals surface area contributed by atoms with Crippen LogP contribution in [0, 0.1) is 16.7 Å². The summed E-state index contributed by atoms with van der Waals surface area (Å²) in [5, 5.41) is 3.14. The van der Waals surface area contributed by atoms with Crippen molar-refractivity contribution in [3.05, 3.63) is 34.2 Å². The summed E-state index contributed by atoms with van der Waals surface area (Å²) < 4.78 is 0. The fraction of sp³-hybridized carbons (Fsp3) is 0.625. The van der Waals surface area contributed by atoms with E-state index in [1.54, 1.807) is 6.20 Å². The van der Waals surface area contributed by atoms with Gasteiger partial charge in [0.1, 0.15) is 5.56 Å². The van der Waals surface area contributed by atoms with E-state index in [2.05, 4.69) is 31.1 Å². The molecule has 2 aliphatic carbocycles. The van der Waals surface area contributed by atoms with Crippen molar-refractivity contribution in [3.63, 3.8) is 0 Å². The number of H-pyrrole nitrogens is 1. The Bertz CT molecular complexity index is 600. The minimum absolute atomic E-state index is 0.101. The Labute approximate surface area is 119 Å². The van der Waals surface area contributed by atoms with E-state index < -0.39 is 0 Å². The summed E-state index contributed by atoms with van der Waals surface area (Å²) in [6, 6.07) is 1.53. The second kappa shape index (κ2) is 4.21. The molecule has 1 aromatic rings. The number of hydrogen-bond donors (Lipinski definition) is 2. The molecule has 1 amide bonds. The van der Waals surface area contributed by atoms with Crippen LogP contribution in [0.4, 0.5) is 0 Å². The molecule has 0 radical (unpaired) electrons. The first-order valence-corrected chi connectivity index (χ1v) is 7.32. The van der Waals surface area contributed by atoms with Crippen LogP contribution in [-0.2, 0) is 0 Å². The van der Waals surface area contributed by atoms with Gasteiger partial charge in [0.2, 0.25) is 0 Å². The molecule has 3 unspecified atom stereocenters. The van der Waals surface area contributed by atoms with Crippen molar-refractivity contribution in [2.45, 2.75) is 46.1 Å². The molecule has 4 nitrogen and oxygen atoms in total. The molecule has 1 heterocycles. The fourth-order valence-electron chi connectivity index (χ4n) is 4.46. The van der Waals surface area contributed by atoms with Crippen LogP contribution in [0.2, 0.25) is 0 Å². The van der Waals surface area contributed by atoms with E-state index in [0.717, 1.165) is 6.42 Å². The van der Waals surface area contributed by atoms with E-state index in [9.17, 15) is 9.59 Å².